The van der Waals surface area contributed by atoms with Gasteiger partial charge in [-0.1, -0.05) is 33.0 Å². The lowest BCUT2D eigenvalue weighted by Gasteiger charge is -2.22. The Labute approximate surface area is 91.3 Å². The van der Waals surface area contributed by atoms with Crippen molar-refractivity contribution >= 4 is 12.2 Å². The molecule has 0 fully saturated rings. The second kappa shape index (κ2) is 3.23. The first kappa shape index (κ1) is 11.5. The lowest BCUT2D eigenvalue weighted by molar-refractivity contribution is 0.344. The zero-order chi connectivity index (χ0) is 11.1. The molecule has 0 aromatic carbocycles. The van der Waals surface area contributed by atoms with E-state index >= 15 is 0 Å². The molecule has 0 bridgehead atoms. The Kier molecular flexibility index (Phi) is 2.65. The summed E-state index contributed by atoms with van der Waals surface area (Å²) < 4.78 is 2.92. The van der Waals surface area contributed by atoms with E-state index in [1.54, 1.807) is 0 Å². The number of hydrogen-bond donors (Lipinski definition) is 1. The van der Waals surface area contributed by atoms with Crippen LogP contribution in [-0.2, 0) is 11.0 Å². The van der Waals surface area contributed by atoms with Gasteiger partial charge < -0.3 is 5.10 Å². The van der Waals surface area contributed by atoms with Crippen LogP contribution in [0.25, 0.3) is 0 Å². The molecule has 1 rings (SSSR count). The molecule has 0 aliphatic rings. The molecule has 1 aromatic heterocycles. The molecule has 3 heteroatoms. The molecular weight excluding hydrogens is 192 g/mol. The van der Waals surface area contributed by atoms with Crippen molar-refractivity contribution in [2.75, 3.05) is 0 Å². The maximum atomic E-state index is 5.32. The quantitative estimate of drug-likeness (QED) is 0.652. The van der Waals surface area contributed by atoms with Crippen molar-refractivity contribution < 1.29 is 0 Å². The van der Waals surface area contributed by atoms with Crippen LogP contribution in [0, 0.1) is 4.64 Å². The number of rotatable bonds is 0. The molecule has 1 aromatic rings. The normalized spacial score (nSPS) is 13.3. The van der Waals surface area contributed by atoms with Crippen LogP contribution < -0.4 is 0 Å². The fourth-order valence-corrected chi connectivity index (χ4v) is 1.72. The highest BCUT2D eigenvalue weighted by Gasteiger charge is 2.20. The Morgan fingerprint density at radius 1 is 1.14 bits per heavy atom. The summed E-state index contributed by atoms with van der Waals surface area (Å²) in [6, 6.07) is 2.06. The van der Waals surface area contributed by atoms with Crippen LogP contribution >= 0.6 is 12.2 Å². The molecule has 1 heterocycles. The summed E-state index contributed by atoms with van der Waals surface area (Å²) in [7, 11) is 0. The van der Waals surface area contributed by atoms with Gasteiger partial charge in [0.05, 0.1) is 5.54 Å². The van der Waals surface area contributed by atoms with Crippen LogP contribution in [0.3, 0.4) is 0 Å². The third-order valence-corrected chi connectivity index (χ3v) is 2.50. The molecule has 80 valence electrons. The van der Waals surface area contributed by atoms with E-state index in [-0.39, 0.29) is 11.0 Å². The fraction of sp³-hybridized carbons (Fsp3) is 0.727. The van der Waals surface area contributed by atoms with Gasteiger partial charge in [0.2, 0.25) is 0 Å². The first-order valence-corrected chi connectivity index (χ1v) is 5.36. The van der Waals surface area contributed by atoms with Gasteiger partial charge in [-0.05, 0) is 26.8 Å². The maximum absolute atomic E-state index is 5.32. The molecular formula is C11H20N2S. The molecule has 0 saturated carbocycles. The second-order valence-corrected chi connectivity index (χ2v) is 6.18. The first-order chi connectivity index (χ1) is 6.12. The van der Waals surface area contributed by atoms with Crippen LogP contribution in [-0.4, -0.2) is 9.78 Å². The highest BCUT2D eigenvalue weighted by Crippen LogP contribution is 2.23. The van der Waals surface area contributed by atoms with E-state index in [0.717, 1.165) is 4.64 Å². The van der Waals surface area contributed by atoms with Crippen molar-refractivity contribution in [3.8, 4) is 0 Å². The minimum absolute atomic E-state index is 0.0284. The van der Waals surface area contributed by atoms with Crippen molar-refractivity contribution in [1.82, 2.24) is 9.78 Å². The summed E-state index contributed by atoms with van der Waals surface area (Å²) >= 11 is 5.32. The van der Waals surface area contributed by atoms with E-state index in [1.807, 2.05) is 4.68 Å². The lowest BCUT2D eigenvalue weighted by atomic mass is 9.93. The molecule has 0 aliphatic carbocycles. The summed E-state index contributed by atoms with van der Waals surface area (Å²) in [5.41, 5.74) is 1.35. The van der Waals surface area contributed by atoms with E-state index in [4.69, 9.17) is 12.2 Å². The minimum Gasteiger partial charge on any atom is -0.301 e. The predicted octanol–water partition coefficient (Wildman–Crippen LogP) is 3.60. The second-order valence-electron chi connectivity index (χ2n) is 5.76. The Bertz CT molecular complexity index is 371. The number of nitrogens with one attached hydrogen (secondary N) is 1. The van der Waals surface area contributed by atoms with E-state index in [0.29, 0.717) is 0 Å². The first-order valence-electron chi connectivity index (χ1n) is 4.95. The van der Waals surface area contributed by atoms with Gasteiger partial charge in [0, 0.05) is 11.1 Å². The Morgan fingerprint density at radius 2 is 1.64 bits per heavy atom. The third-order valence-electron chi connectivity index (χ3n) is 2.20. The smallest absolute Gasteiger partial charge is 0.122 e. The van der Waals surface area contributed by atoms with E-state index in [1.165, 1.54) is 5.69 Å². The molecule has 0 aliphatic heterocycles. The largest absolute Gasteiger partial charge is 0.301 e. The highest BCUT2D eigenvalue weighted by molar-refractivity contribution is 7.71. The Hall–Kier alpha value is -0.570. The monoisotopic (exact) mass is 212 g/mol. The zero-order valence-corrected chi connectivity index (χ0v) is 10.7. The summed E-state index contributed by atoms with van der Waals surface area (Å²) in [5.74, 6) is 0. The van der Waals surface area contributed by atoms with Gasteiger partial charge in [0.1, 0.15) is 4.64 Å². The average molecular weight is 212 g/mol. The summed E-state index contributed by atoms with van der Waals surface area (Å²) in [4.78, 5) is 0. The molecule has 0 unspecified atom stereocenters. The molecule has 0 saturated heterocycles. The van der Waals surface area contributed by atoms with Crippen molar-refractivity contribution in [2.24, 2.45) is 0 Å². The standard InChI is InChI=1S/C11H20N2S/c1-10(2,3)8-7-9(14)13(12-8)11(4,5)6/h7,12H,1-6H3. The minimum atomic E-state index is 0.0284. The van der Waals surface area contributed by atoms with Crippen molar-refractivity contribution in [2.45, 2.75) is 52.5 Å². The van der Waals surface area contributed by atoms with Crippen LogP contribution in [0.2, 0.25) is 0 Å². The average Bonchev–Trinajstić information content (AvgIpc) is 2.27. The van der Waals surface area contributed by atoms with Gasteiger partial charge in [-0.2, -0.15) is 0 Å². The molecule has 0 spiro atoms. The number of aromatic nitrogens is 2. The van der Waals surface area contributed by atoms with Crippen molar-refractivity contribution in [3.63, 3.8) is 0 Å². The van der Waals surface area contributed by atoms with Gasteiger partial charge >= 0.3 is 0 Å². The Balaban J connectivity index is 3.26. The van der Waals surface area contributed by atoms with Crippen LogP contribution in [0.15, 0.2) is 6.07 Å². The molecule has 2 nitrogen and oxygen atoms in total. The molecule has 0 amide bonds. The third kappa shape index (κ3) is 2.27. The summed E-state index contributed by atoms with van der Waals surface area (Å²) in [6.07, 6.45) is 0. The molecule has 0 radical (unpaired) electrons. The number of nitrogens with zero attached hydrogens (tertiary/aromatic N) is 1. The van der Waals surface area contributed by atoms with Crippen LogP contribution in [0.4, 0.5) is 0 Å². The lowest BCUT2D eigenvalue weighted by Crippen LogP contribution is -2.24. The van der Waals surface area contributed by atoms with Crippen molar-refractivity contribution in [1.29, 1.82) is 0 Å². The number of hydrogen-bond acceptors (Lipinski definition) is 1. The SMILES string of the molecule is CC(C)(C)c1cc(=S)n(C(C)(C)C)[nH]1. The predicted molar refractivity (Wildman–Crippen MR) is 63.3 cm³/mol. The Morgan fingerprint density at radius 3 is 1.86 bits per heavy atom. The number of H-pyrrole nitrogens is 1. The molecule has 14 heavy (non-hydrogen) atoms. The van der Waals surface area contributed by atoms with E-state index in [9.17, 15) is 0 Å². The summed E-state index contributed by atoms with van der Waals surface area (Å²) in [5, 5.41) is 3.37. The number of aromatic amines is 1. The van der Waals surface area contributed by atoms with E-state index in [2.05, 4.69) is 52.7 Å². The topological polar surface area (TPSA) is 20.7 Å². The summed E-state index contributed by atoms with van der Waals surface area (Å²) in [6.45, 7) is 13.0. The zero-order valence-electron chi connectivity index (χ0n) is 9.93. The van der Waals surface area contributed by atoms with Crippen molar-refractivity contribution in [3.05, 3.63) is 16.4 Å². The van der Waals surface area contributed by atoms with Gasteiger partial charge in [-0.15, -0.1) is 0 Å². The molecule has 1 N–H and O–H groups in total. The molecule has 0 atom stereocenters. The maximum Gasteiger partial charge on any atom is 0.122 e. The van der Waals surface area contributed by atoms with Crippen LogP contribution in [0.1, 0.15) is 47.2 Å². The van der Waals surface area contributed by atoms with Gasteiger partial charge in [-0.25, -0.2) is 0 Å². The van der Waals surface area contributed by atoms with Crippen LogP contribution in [0.5, 0.6) is 0 Å². The van der Waals surface area contributed by atoms with Gasteiger partial charge in [0.25, 0.3) is 0 Å². The van der Waals surface area contributed by atoms with E-state index < -0.39 is 0 Å². The highest BCUT2D eigenvalue weighted by atomic mass is 32.1. The van der Waals surface area contributed by atoms with Gasteiger partial charge in [0.15, 0.2) is 0 Å². The van der Waals surface area contributed by atoms with Gasteiger partial charge in [-0.3, -0.25) is 4.68 Å². The fourth-order valence-electron chi connectivity index (χ4n) is 1.28.